The van der Waals surface area contributed by atoms with Gasteiger partial charge in [0.15, 0.2) is 0 Å². The van der Waals surface area contributed by atoms with E-state index < -0.39 is 29.1 Å². The Kier molecular flexibility index (Phi) is 4.27. The van der Waals surface area contributed by atoms with Crippen molar-refractivity contribution in [1.29, 1.82) is 0 Å². The SMILES string of the molecule is OC(Cc1ccccc1F)c1c(F)cc(Br)cc1F. The van der Waals surface area contributed by atoms with Crippen molar-refractivity contribution in [2.45, 2.75) is 12.5 Å². The zero-order valence-electron chi connectivity index (χ0n) is 9.71. The highest BCUT2D eigenvalue weighted by Gasteiger charge is 2.20. The lowest BCUT2D eigenvalue weighted by atomic mass is 10.00. The topological polar surface area (TPSA) is 20.2 Å². The molecule has 0 bridgehead atoms. The Balaban J connectivity index is 2.31. The molecule has 19 heavy (non-hydrogen) atoms. The van der Waals surface area contributed by atoms with E-state index in [1.54, 1.807) is 6.07 Å². The van der Waals surface area contributed by atoms with Crippen LogP contribution in [0.4, 0.5) is 13.2 Å². The normalized spacial score (nSPS) is 12.5. The van der Waals surface area contributed by atoms with Gasteiger partial charge in [0.2, 0.25) is 0 Å². The Morgan fingerprint density at radius 1 is 1.00 bits per heavy atom. The minimum Gasteiger partial charge on any atom is -0.388 e. The van der Waals surface area contributed by atoms with Gasteiger partial charge in [-0.2, -0.15) is 0 Å². The fraction of sp³-hybridized carbons (Fsp3) is 0.143. The first-order valence-corrected chi connectivity index (χ1v) is 6.34. The van der Waals surface area contributed by atoms with Crippen molar-refractivity contribution >= 4 is 15.9 Å². The van der Waals surface area contributed by atoms with E-state index in [4.69, 9.17) is 0 Å². The Morgan fingerprint density at radius 2 is 1.58 bits per heavy atom. The van der Waals surface area contributed by atoms with Crippen molar-refractivity contribution in [2.24, 2.45) is 0 Å². The second-order valence-electron chi connectivity index (χ2n) is 4.09. The third kappa shape index (κ3) is 3.16. The maximum atomic E-state index is 13.6. The lowest BCUT2D eigenvalue weighted by Gasteiger charge is -2.14. The highest BCUT2D eigenvalue weighted by Crippen LogP contribution is 2.27. The molecule has 0 saturated carbocycles. The van der Waals surface area contributed by atoms with Gasteiger partial charge in [-0.1, -0.05) is 34.1 Å². The summed E-state index contributed by atoms with van der Waals surface area (Å²) in [6.45, 7) is 0. The van der Waals surface area contributed by atoms with Crippen molar-refractivity contribution < 1.29 is 18.3 Å². The van der Waals surface area contributed by atoms with Crippen molar-refractivity contribution in [1.82, 2.24) is 0 Å². The molecule has 100 valence electrons. The number of hydrogen-bond donors (Lipinski definition) is 1. The Hall–Kier alpha value is -1.33. The molecule has 1 N–H and O–H groups in total. The molecule has 2 rings (SSSR count). The Bertz CT molecular complexity index is 578. The van der Waals surface area contributed by atoms with Gasteiger partial charge in [-0.25, -0.2) is 13.2 Å². The predicted molar refractivity (Wildman–Crippen MR) is 69.1 cm³/mol. The van der Waals surface area contributed by atoms with Gasteiger partial charge in [-0.3, -0.25) is 0 Å². The van der Waals surface area contributed by atoms with E-state index >= 15 is 0 Å². The fourth-order valence-electron chi connectivity index (χ4n) is 1.85. The van der Waals surface area contributed by atoms with Crippen LogP contribution >= 0.6 is 15.9 Å². The van der Waals surface area contributed by atoms with Gasteiger partial charge in [-0.05, 0) is 23.8 Å². The molecule has 1 nitrogen and oxygen atoms in total. The van der Waals surface area contributed by atoms with Gasteiger partial charge in [0.05, 0.1) is 11.7 Å². The van der Waals surface area contributed by atoms with E-state index in [-0.39, 0.29) is 16.5 Å². The van der Waals surface area contributed by atoms with Crippen molar-refractivity contribution in [3.8, 4) is 0 Å². The summed E-state index contributed by atoms with van der Waals surface area (Å²) >= 11 is 2.95. The van der Waals surface area contributed by atoms with Crippen molar-refractivity contribution in [3.63, 3.8) is 0 Å². The molecule has 0 aromatic heterocycles. The number of benzene rings is 2. The first-order valence-electron chi connectivity index (χ1n) is 5.55. The van der Waals surface area contributed by atoms with Gasteiger partial charge in [-0.15, -0.1) is 0 Å². The molecule has 0 fully saturated rings. The van der Waals surface area contributed by atoms with Crippen molar-refractivity contribution in [2.75, 3.05) is 0 Å². The molecular weight excluding hydrogens is 321 g/mol. The summed E-state index contributed by atoms with van der Waals surface area (Å²) in [5.74, 6) is -2.24. The van der Waals surface area contributed by atoms with Crippen LogP contribution in [-0.4, -0.2) is 5.11 Å². The van der Waals surface area contributed by atoms with Crippen LogP contribution in [-0.2, 0) is 6.42 Å². The molecule has 0 aliphatic rings. The average molecular weight is 331 g/mol. The summed E-state index contributed by atoms with van der Waals surface area (Å²) in [5, 5.41) is 9.89. The second kappa shape index (κ2) is 5.75. The van der Waals surface area contributed by atoms with E-state index in [1.165, 1.54) is 18.2 Å². The number of halogens is 4. The average Bonchev–Trinajstić information content (AvgIpc) is 2.30. The van der Waals surface area contributed by atoms with E-state index in [9.17, 15) is 18.3 Å². The molecule has 2 aromatic carbocycles. The molecule has 0 saturated heterocycles. The van der Waals surface area contributed by atoms with Crippen LogP contribution in [0.1, 0.15) is 17.2 Å². The monoisotopic (exact) mass is 330 g/mol. The number of rotatable bonds is 3. The van der Waals surface area contributed by atoms with Crippen LogP contribution in [0.3, 0.4) is 0 Å². The number of aliphatic hydroxyl groups is 1. The predicted octanol–water partition coefficient (Wildman–Crippen LogP) is 4.14. The number of aliphatic hydroxyl groups excluding tert-OH is 1. The quantitative estimate of drug-likeness (QED) is 0.896. The molecule has 0 amide bonds. The molecule has 2 aromatic rings. The van der Waals surface area contributed by atoms with Gasteiger partial charge in [0, 0.05) is 10.9 Å². The standard InChI is InChI=1S/C14H10BrF3O/c15-9-6-11(17)14(12(18)7-9)13(19)5-8-3-1-2-4-10(8)16/h1-4,6-7,13,19H,5H2. The molecular formula is C14H10BrF3O. The van der Waals surface area contributed by atoms with E-state index in [1.807, 2.05) is 0 Å². The van der Waals surface area contributed by atoms with E-state index in [0.717, 1.165) is 12.1 Å². The van der Waals surface area contributed by atoms with Crippen LogP contribution in [0.2, 0.25) is 0 Å². The smallest absolute Gasteiger partial charge is 0.133 e. The van der Waals surface area contributed by atoms with Crippen LogP contribution in [0.5, 0.6) is 0 Å². The molecule has 0 aliphatic carbocycles. The van der Waals surface area contributed by atoms with Crippen LogP contribution in [0.15, 0.2) is 40.9 Å². The maximum Gasteiger partial charge on any atom is 0.133 e. The Labute approximate surface area is 116 Å². The molecule has 0 heterocycles. The minimum atomic E-state index is -1.44. The molecule has 1 unspecified atom stereocenters. The molecule has 0 radical (unpaired) electrons. The summed E-state index contributed by atoms with van der Waals surface area (Å²) < 4.78 is 40.9. The molecule has 0 spiro atoms. The molecule has 5 heteroatoms. The summed E-state index contributed by atoms with van der Waals surface area (Å²) in [6.07, 6.45) is -1.63. The largest absolute Gasteiger partial charge is 0.388 e. The van der Waals surface area contributed by atoms with Gasteiger partial charge in [0.25, 0.3) is 0 Å². The zero-order valence-corrected chi connectivity index (χ0v) is 11.3. The first-order chi connectivity index (χ1) is 8.99. The van der Waals surface area contributed by atoms with Gasteiger partial charge >= 0.3 is 0 Å². The zero-order chi connectivity index (χ0) is 14.0. The maximum absolute atomic E-state index is 13.6. The van der Waals surface area contributed by atoms with E-state index in [2.05, 4.69) is 15.9 Å². The lowest BCUT2D eigenvalue weighted by molar-refractivity contribution is 0.167. The highest BCUT2D eigenvalue weighted by atomic mass is 79.9. The summed E-state index contributed by atoms with van der Waals surface area (Å²) in [6, 6.07) is 7.92. The minimum absolute atomic E-state index is 0.192. The summed E-state index contributed by atoms with van der Waals surface area (Å²) in [4.78, 5) is 0. The first kappa shape index (κ1) is 14.1. The van der Waals surface area contributed by atoms with Gasteiger partial charge < -0.3 is 5.11 Å². The van der Waals surface area contributed by atoms with E-state index in [0.29, 0.717) is 0 Å². The summed E-state index contributed by atoms with van der Waals surface area (Å²) in [7, 11) is 0. The molecule has 0 aliphatic heterocycles. The van der Waals surface area contributed by atoms with Crippen molar-refractivity contribution in [3.05, 3.63) is 69.4 Å². The second-order valence-corrected chi connectivity index (χ2v) is 5.01. The highest BCUT2D eigenvalue weighted by molar-refractivity contribution is 9.10. The lowest BCUT2D eigenvalue weighted by Crippen LogP contribution is -2.08. The van der Waals surface area contributed by atoms with Crippen LogP contribution < -0.4 is 0 Å². The van der Waals surface area contributed by atoms with Gasteiger partial charge in [0.1, 0.15) is 17.5 Å². The summed E-state index contributed by atoms with van der Waals surface area (Å²) in [5.41, 5.74) is -0.247. The van der Waals surface area contributed by atoms with Crippen LogP contribution in [0.25, 0.3) is 0 Å². The third-order valence-electron chi connectivity index (χ3n) is 2.75. The fourth-order valence-corrected chi connectivity index (χ4v) is 2.25. The Morgan fingerprint density at radius 3 is 2.16 bits per heavy atom. The molecule has 1 atom stereocenters. The van der Waals surface area contributed by atoms with Crippen LogP contribution in [0, 0.1) is 17.5 Å². The number of hydrogen-bond acceptors (Lipinski definition) is 1. The third-order valence-corrected chi connectivity index (χ3v) is 3.21.